The van der Waals surface area contributed by atoms with Gasteiger partial charge in [-0.2, -0.15) is 0 Å². The summed E-state index contributed by atoms with van der Waals surface area (Å²) < 4.78 is 35.3. The molecule has 0 aromatic rings. The Balaban J connectivity index is 1.75. The van der Waals surface area contributed by atoms with Crippen LogP contribution in [-0.2, 0) is 28.4 Å². The maximum atomic E-state index is 6.06. The van der Waals surface area contributed by atoms with Gasteiger partial charge in [0.1, 0.15) is 24.4 Å². The van der Waals surface area contributed by atoms with E-state index in [0.29, 0.717) is 13.2 Å². The van der Waals surface area contributed by atoms with Gasteiger partial charge in [-0.05, 0) is 41.5 Å². The highest BCUT2D eigenvalue weighted by Crippen LogP contribution is 2.39. The lowest BCUT2D eigenvalue weighted by atomic mass is 10.0. The summed E-state index contributed by atoms with van der Waals surface area (Å²) in [4.78, 5) is 0. The molecule has 0 aliphatic carbocycles. The third-order valence-electron chi connectivity index (χ3n) is 3.96. The highest BCUT2D eigenvalue weighted by atomic mass is 16.8. The lowest BCUT2D eigenvalue weighted by Gasteiger charge is -2.26. The molecule has 122 valence electrons. The Bertz CT molecular complexity index is 369. The summed E-state index contributed by atoms with van der Waals surface area (Å²) in [5.41, 5.74) is 0. The van der Waals surface area contributed by atoms with Gasteiger partial charge in [0.2, 0.25) is 0 Å². The third kappa shape index (κ3) is 3.25. The van der Waals surface area contributed by atoms with Gasteiger partial charge in [-0.25, -0.2) is 0 Å². The van der Waals surface area contributed by atoms with Crippen LogP contribution >= 0.6 is 0 Å². The average molecular weight is 302 g/mol. The molecule has 21 heavy (non-hydrogen) atoms. The molecule has 4 atom stereocenters. The second kappa shape index (κ2) is 4.88. The first-order valence-electron chi connectivity index (χ1n) is 7.56. The van der Waals surface area contributed by atoms with Crippen molar-refractivity contribution in [3.63, 3.8) is 0 Å². The Kier molecular flexibility index (Phi) is 3.63. The molecule has 6 nitrogen and oxygen atoms in total. The molecule has 0 spiro atoms. The maximum absolute atomic E-state index is 6.06. The number of rotatable bonds is 2. The number of ether oxygens (including phenoxy) is 6. The predicted molar refractivity (Wildman–Crippen MR) is 73.6 cm³/mol. The highest BCUT2D eigenvalue weighted by Gasteiger charge is 2.54. The standard InChI is InChI=1S/C15H26O6/c1-13(2)16-7-9(18-13)11-12(21-15(5,6)20-11)10-8-17-14(3,4)19-10/h9-12H,7-8H2,1-6H3/t9-,10+,11?,12?. The summed E-state index contributed by atoms with van der Waals surface area (Å²) in [6.45, 7) is 12.4. The van der Waals surface area contributed by atoms with Gasteiger partial charge in [-0.15, -0.1) is 0 Å². The van der Waals surface area contributed by atoms with Crippen molar-refractivity contribution in [2.24, 2.45) is 0 Å². The molecule has 0 aromatic heterocycles. The fourth-order valence-electron chi connectivity index (χ4n) is 3.15. The third-order valence-corrected chi connectivity index (χ3v) is 3.96. The minimum Gasteiger partial charge on any atom is -0.348 e. The van der Waals surface area contributed by atoms with Gasteiger partial charge < -0.3 is 28.4 Å². The molecular formula is C15H26O6. The molecule has 0 saturated carbocycles. The summed E-state index contributed by atoms with van der Waals surface area (Å²) in [5, 5.41) is 0. The van der Waals surface area contributed by atoms with Crippen molar-refractivity contribution in [2.45, 2.75) is 83.3 Å². The van der Waals surface area contributed by atoms with Crippen LogP contribution in [0.2, 0.25) is 0 Å². The van der Waals surface area contributed by atoms with Crippen molar-refractivity contribution < 1.29 is 28.4 Å². The van der Waals surface area contributed by atoms with Crippen LogP contribution in [0.5, 0.6) is 0 Å². The normalized spacial score (nSPS) is 44.3. The minimum atomic E-state index is -0.665. The van der Waals surface area contributed by atoms with E-state index in [1.807, 2.05) is 41.5 Å². The summed E-state index contributed by atoms with van der Waals surface area (Å²) in [6, 6.07) is 0. The van der Waals surface area contributed by atoms with Gasteiger partial charge in [0.25, 0.3) is 0 Å². The molecular weight excluding hydrogens is 276 g/mol. The van der Waals surface area contributed by atoms with Crippen molar-refractivity contribution in [1.82, 2.24) is 0 Å². The van der Waals surface area contributed by atoms with E-state index in [9.17, 15) is 0 Å². The van der Waals surface area contributed by atoms with E-state index in [1.54, 1.807) is 0 Å². The molecule has 3 saturated heterocycles. The molecule has 0 aromatic carbocycles. The van der Waals surface area contributed by atoms with Gasteiger partial charge in [0.15, 0.2) is 17.4 Å². The zero-order valence-electron chi connectivity index (χ0n) is 13.7. The number of hydrogen-bond donors (Lipinski definition) is 0. The fourth-order valence-corrected chi connectivity index (χ4v) is 3.15. The van der Waals surface area contributed by atoms with Gasteiger partial charge in [0, 0.05) is 0 Å². The molecule has 3 heterocycles. The van der Waals surface area contributed by atoms with Crippen molar-refractivity contribution in [3.05, 3.63) is 0 Å². The monoisotopic (exact) mass is 302 g/mol. The van der Waals surface area contributed by atoms with Crippen LogP contribution in [0, 0.1) is 0 Å². The summed E-state index contributed by atoms with van der Waals surface area (Å²) in [6.07, 6.45) is -0.799. The predicted octanol–water partition coefficient (Wildman–Crippen LogP) is 1.81. The van der Waals surface area contributed by atoms with Crippen molar-refractivity contribution in [1.29, 1.82) is 0 Å². The Morgan fingerprint density at radius 1 is 0.571 bits per heavy atom. The molecule has 2 unspecified atom stereocenters. The minimum absolute atomic E-state index is 0.168. The van der Waals surface area contributed by atoms with Gasteiger partial charge in [0.05, 0.1) is 13.2 Å². The molecule has 0 amide bonds. The van der Waals surface area contributed by atoms with E-state index in [-0.39, 0.29) is 24.4 Å². The van der Waals surface area contributed by atoms with E-state index < -0.39 is 17.4 Å². The van der Waals surface area contributed by atoms with Crippen LogP contribution in [0.15, 0.2) is 0 Å². The first-order valence-corrected chi connectivity index (χ1v) is 7.56. The summed E-state index contributed by atoms with van der Waals surface area (Å²) in [5.74, 6) is -1.84. The van der Waals surface area contributed by atoms with Crippen LogP contribution in [0.3, 0.4) is 0 Å². The van der Waals surface area contributed by atoms with Crippen molar-refractivity contribution in [2.75, 3.05) is 13.2 Å². The maximum Gasteiger partial charge on any atom is 0.164 e. The second-order valence-electron chi connectivity index (χ2n) is 7.30. The van der Waals surface area contributed by atoms with Crippen LogP contribution in [0.25, 0.3) is 0 Å². The van der Waals surface area contributed by atoms with Crippen LogP contribution in [-0.4, -0.2) is 55.0 Å². The van der Waals surface area contributed by atoms with E-state index in [4.69, 9.17) is 28.4 Å². The Labute approximate surface area is 126 Å². The highest BCUT2D eigenvalue weighted by molar-refractivity contribution is 4.96. The van der Waals surface area contributed by atoms with E-state index in [2.05, 4.69) is 0 Å². The quantitative estimate of drug-likeness (QED) is 0.775. The Hall–Kier alpha value is -0.240. The first kappa shape index (κ1) is 15.6. The lowest BCUT2D eigenvalue weighted by Crippen LogP contribution is -2.45. The summed E-state index contributed by atoms with van der Waals surface area (Å²) >= 11 is 0. The fraction of sp³-hybridized carbons (Fsp3) is 1.00. The van der Waals surface area contributed by atoms with E-state index in [0.717, 1.165) is 0 Å². The zero-order chi connectivity index (χ0) is 15.5. The molecule has 0 N–H and O–H groups in total. The largest absolute Gasteiger partial charge is 0.348 e. The molecule has 6 heteroatoms. The first-order chi connectivity index (χ1) is 9.57. The van der Waals surface area contributed by atoms with Crippen LogP contribution in [0.1, 0.15) is 41.5 Å². The van der Waals surface area contributed by atoms with Crippen molar-refractivity contribution >= 4 is 0 Å². The molecule has 3 aliphatic rings. The molecule has 3 rings (SSSR count). The number of hydrogen-bond acceptors (Lipinski definition) is 6. The van der Waals surface area contributed by atoms with Gasteiger partial charge >= 0.3 is 0 Å². The lowest BCUT2D eigenvalue weighted by molar-refractivity contribution is -0.178. The van der Waals surface area contributed by atoms with E-state index in [1.165, 1.54) is 0 Å². The zero-order valence-corrected chi connectivity index (χ0v) is 13.7. The SMILES string of the molecule is CC1(C)OC([C@@H]2COC(C)(C)O2)C([C@H]2COC(C)(C)O2)O1. The van der Waals surface area contributed by atoms with Crippen molar-refractivity contribution in [3.8, 4) is 0 Å². The second-order valence-corrected chi connectivity index (χ2v) is 7.30. The van der Waals surface area contributed by atoms with Gasteiger partial charge in [-0.3, -0.25) is 0 Å². The Morgan fingerprint density at radius 3 is 1.24 bits per heavy atom. The molecule has 0 bridgehead atoms. The molecule has 3 aliphatic heterocycles. The average Bonchev–Trinajstić information content (AvgIpc) is 2.94. The Morgan fingerprint density at radius 2 is 0.952 bits per heavy atom. The van der Waals surface area contributed by atoms with Gasteiger partial charge in [-0.1, -0.05) is 0 Å². The smallest absolute Gasteiger partial charge is 0.164 e. The van der Waals surface area contributed by atoms with E-state index >= 15 is 0 Å². The van der Waals surface area contributed by atoms with Crippen LogP contribution in [0.4, 0.5) is 0 Å². The van der Waals surface area contributed by atoms with Crippen LogP contribution < -0.4 is 0 Å². The molecule has 0 radical (unpaired) electrons. The molecule has 3 fully saturated rings. The summed E-state index contributed by atoms with van der Waals surface area (Å²) in [7, 11) is 0. The topological polar surface area (TPSA) is 55.4 Å².